The average molecular weight is 205 g/mol. The largest absolute Gasteiger partial charge is 0.263 e. The van der Waals surface area contributed by atoms with Crippen LogP contribution in [0.4, 0.5) is 8.78 Å². The Labute approximate surface area is 81.5 Å². The lowest BCUT2D eigenvalue weighted by Crippen LogP contribution is -1.92. The Bertz CT molecular complexity index is 295. The van der Waals surface area contributed by atoms with E-state index in [2.05, 4.69) is 0 Å². The molecule has 0 bridgehead atoms. The highest BCUT2D eigenvalue weighted by atomic mass is 35.5. The summed E-state index contributed by atoms with van der Waals surface area (Å²) in [6.45, 7) is 3.85. The van der Waals surface area contributed by atoms with E-state index in [0.29, 0.717) is 5.02 Å². The molecule has 13 heavy (non-hydrogen) atoms. The maximum atomic E-state index is 12.3. The lowest BCUT2D eigenvalue weighted by atomic mass is 10.0. The first-order valence-electron chi connectivity index (χ1n) is 4.10. The zero-order chi connectivity index (χ0) is 10.0. The predicted molar refractivity (Wildman–Crippen MR) is 50.5 cm³/mol. The van der Waals surface area contributed by atoms with Crippen LogP contribution in [0.25, 0.3) is 0 Å². The first-order valence-corrected chi connectivity index (χ1v) is 4.47. The van der Waals surface area contributed by atoms with E-state index in [1.807, 2.05) is 13.8 Å². The minimum atomic E-state index is -2.42. The summed E-state index contributed by atoms with van der Waals surface area (Å²) in [7, 11) is 0. The fourth-order valence-corrected chi connectivity index (χ4v) is 1.48. The number of alkyl halides is 2. The van der Waals surface area contributed by atoms with Crippen LogP contribution in [-0.2, 0) is 0 Å². The van der Waals surface area contributed by atoms with E-state index in [9.17, 15) is 8.78 Å². The van der Waals surface area contributed by atoms with Gasteiger partial charge in [-0.2, -0.15) is 0 Å². The summed E-state index contributed by atoms with van der Waals surface area (Å²) in [4.78, 5) is 0. The molecule has 0 N–H and O–H groups in total. The molecule has 1 aromatic rings. The molecule has 0 aliphatic carbocycles. The third-order valence-corrected chi connectivity index (χ3v) is 2.24. The van der Waals surface area contributed by atoms with Gasteiger partial charge in [-0.15, -0.1) is 0 Å². The van der Waals surface area contributed by atoms with Crippen molar-refractivity contribution in [3.8, 4) is 0 Å². The zero-order valence-corrected chi connectivity index (χ0v) is 8.28. The molecule has 3 heteroatoms. The lowest BCUT2D eigenvalue weighted by molar-refractivity contribution is 0.151. The van der Waals surface area contributed by atoms with Crippen molar-refractivity contribution in [2.24, 2.45) is 0 Å². The smallest absolute Gasteiger partial charge is 0.205 e. The monoisotopic (exact) mass is 204 g/mol. The summed E-state index contributed by atoms with van der Waals surface area (Å²) in [5.74, 6) is 0.172. The van der Waals surface area contributed by atoms with Gasteiger partial charge in [0.1, 0.15) is 0 Å². The van der Waals surface area contributed by atoms with Gasteiger partial charge in [0.05, 0.1) is 0 Å². The number of hydrogen-bond donors (Lipinski definition) is 0. The van der Waals surface area contributed by atoms with Crippen molar-refractivity contribution in [1.29, 1.82) is 0 Å². The van der Waals surface area contributed by atoms with Crippen molar-refractivity contribution in [1.82, 2.24) is 0 Å². The van der Waals surface area contributed by atoms with Gasteiger partial charge < -0.3 is 0 Å². The van der Waals surface area contributed by atoms with Crippen molar-refractivity contribution < 1.29 is 8.78 Å². The fourth-order valence-electron chi connectivity index (χ4n) is 1.14. The summed E-state index contributed by atoms with van der Waals surface area (Å²) in [6.07, 6.45) is -2.42. The summed E-state index contributed by atoms with van der Waals surface area (Å²) in [6, 6.07) is 4.36. The van der Waals surface area contributed by atoms with Crippen molar-refractivity contribution in [3.63, 3.8) is 0 Å². The van der Waals surface area contributed by atoms with Crippen LogP contribution in [0, 0.1) is 0 Å². The Morgan fingerprint density at radius 1 is 1.23 bits per heavy atom. The van der Waals surface area contributed by atoms with Gasteiger partial charge in [-0.1, -0.05) is 31.5 Å². The summed E-state index contributed by atoms with van der Waals surface area (Å²) >= 11 is 5.85. The van der Waals surface area contributed by atoms with Crippen LogP contribution in [0.3, 0.4) is 0 Å². The molecule has 0 radical (unpaired) electrons. The van der Waals surface area contributed by atoms with Gasteiger partial charge in [-0.25, -0.2) is 8.78 Å². The van der Waals surface area contributed by atoms with Crippen molar-refractivity contribution in [3.05, 3.63) is 34.3 Å². The van der Waals surface area contributed by atoms with Crippen LogP contribution in [0.2, 0.25) is 5.02 Å². The maximum absolute atomic E-state index is 12.3. The predicted octanol–water partition coefficient (Wildman–Crippen LogP) is 4.40. The van der Waals surface area contributed by atoms with Gasteiger partial charge in [0.15, 0.2) is 0 Å². The number of rotatable bonds is 2. The summed E-state index contributed by atoms with van der Waals surface area (Å²) in [5, 5.41) is 0.555. The Morgan fingerprint density at radius 2 is 1.85 bits per heavy atom. The van der Waals surface area contributed by atoms with Gasteiger partial charge in [0.25, 0.3) is 6.43 Å². The van der Waals surface area contributed by atoms with Gasteiger partial charge in [-0.3, -0.25) is 0 Å². The molecule has 0 aliphatic rings. The first kappa shape index (κ1) is 10.5. The molecule has 1 rings (SSSR count). The molecule has 0 saturated carbocycles. The highest BCUT2D eigenvalue weighted by Gasteiger charge is 2.11. The molecule has 0 unspecified atom stereocenters. The number of hydrogen-bond acceptors (Lipinski definition) is 0. The second-order valence-electron chi connectivity index (χ2n) is 3.24. The second kappa shape index (κ2) is 4.05. The Morgan fingerprint density at radius 3 is 2.31 bits per heavy atom. The van der Waals surface area contributed by atoms with E-state index in [1.54, 1.807) is 0 Å². The Kier molecular flexibility index (Phi) is 3.26. The van der Waals surface area contributed by atoms with Gasteiger partial charge in [0, 0.05) is 10.6 Å². The van der Waals surface area contributed by atoms with Crippen LogP contribution in [0.15, 0.2) is 18.2 Å². The standard InChI is InChI=1S/C10H11ClF2/c1-6(2)8-5-7(10(12)13)3-4-9(8)11/h3-6,10H,1-2H3. The van der Waals surface area contributed by atoms with E-state index in [4.69, 9.17) is 11.6 Å². The lowest BCUT2D eigenvalue weighted by Gasteiger charge is -2.09. The van der Waals surface area contributed by atoms with Gasteiger partial charge in [-0.05, 0) is 23.6 Å². The molecule has 0 heterocycles. The van der Waals surface area contributed by atoms with Crippen molar-refractivity contribution >= 4 is 11.6 Å². The highest BCUT2D eigenvalue weighted by Crippen LogP contribution is 2.28. The van der Waals surface area contributed by atoms with Crippen LogP contribution < -0.4 is 0 Å². The Hall–Kier alpha value is -0.630. The molecule has 0 aromatic heterocycles. The SMILES string of the molecule is CC(C)c1cc(C(F)F)ccc1Cl. The van der Waals surface area contributed by atoms with Gasteiger partial charge >= 0.3 is 0 Å². The van der Waals surface area contributed by atoms with Crippen molar-refractivity contribution in [2.45, 2.75) is 26.2 Å². The van der Waals surface area contributed by atoms with Crippen LogP contribution >= 0.6 is 11.6 Å². The fraction of sp³-hybridized carbons (Fsp3) is 0.400. The molecule has 0 nitrogen and oxygen atoms in total. The van der Waals surface area contributed by atoms with E-state index in [1.165, 1.54) is 18.2 Å². The molecule has 0 amide bonds. The minimum Gasteiger partial charge on any atom is -0.205 e. The van der Waals surface area contributed by atoms with E-state index in [-0.39, 0.29) is 11.5 Å². The van der Waals surface area contributed by atoms with E-state index < -0.39 is 6.43 Å². The third kappa shape index (κ3) is 2.41. The molecule has 0 saturated heterocycles. The van der Waals surface area contributed by atoms with E-state index in [0.717, 1.165) is 5.56 Å². The molecule has 0 atom stereocenters. The van der Waals surface area contributed by atoms with Crippen molar-refractivity contribution in [2.75, 3.05) is 0 Å². The first-order chi connectivity index (χ1) is 6.02. The minimum absolute atomic E-state index is 0.0353. The van der Waals surface area contributed by atoms with Crippen LogP contribution in [0.1, 0.15) is 37.3 Å². The number of halogens is 3. The van der Waals surface area contributed by atoms with Crippen LogP contribution in [-0.4, -0.2) is 0 Å². The molecule has 0 aliphatic heterocycles. The Balaban J connectivity index is 3.11. The molecular weight excluding hydrogens is 194 g/mol. The summed E-state index contributed by atoms with van der Waals surface area (Å²) < 4.78 is 24.6. The molecule has 72 valence electrons. The van der Waals surface area contributed by atoms with Gasteiger partial charge in [0.2, 0.25) is 0 Å². The summed E-state index contributed by atoms with van der Waals surface area (Å²) in [5.41, 5.74) is 0.813. The molecular formula is C10H11ClF2. The second-order valence-corrected chi connectivity index (χ2v) is 3.64. The molecule has 0 fully saturated rings. The van der Waals surface area contributed by atoms with E-state index >= 15 is 0 Å². The third-order valence-electron chi connectivity index (χ3n) is 1.89. The number of benzene rings is 1. The quantitative estimate of drug-likeness (QED) is 0.670. The highest BCUT2D eigenvalue weighted by molar-refractivity contribution is 6.31. The average Bonchev–Trinajstić information content (AvgIpc) is 2.04. The molecule has 0 spiro atoms. The zero-order valence-electron chi connectivity index (χ0n) is 7.52. The molecule has 1 aromatic carbocycles. The van der Waals surface area contributed by atoms with Crippen LogP contribution in [0.5, 0.6) is 0 Å². The normalized spacial score (nSPS) is 11.3. The maximum Gasteiger partial charge on any atom is 0.263 e. The topological polar surface area (TPSA) is 0 Å².